The number of carboxylic acid groups (broad SMARTS) is 2. The molecular weight excluding hydrogens is 545 g/mol. The van der Waals surface area contributed by atoms with Crippen LogP contribution >= 0.6 is 35.0 Å². The third-order valence-electron chi connectivity index (χ3n) is 5.52. The topological polar surface area (TPSA) is 153 Å². The molecule has 1 aliphatic rings. The van der Waals surface area contributed by atoms with Crippen molar-refractivity contribution in [3.63, 3.8) is 0 Å². The van der Waals surface area contributed by atoms with E-state index in [1.165, 1.54) is 4.90 Å². The highest BCUT2D eigenvalue weighted by Crippen LogP contribution is 2.26. The minimum atomic E-state index is -1.27. The van der Waals surface area contributed by atoms with Gasteiger partial charge in [-0.25, -0.2) is 4.79 Å². The van der Waals surface area contributed by atoms with Gasteiger partial charge in [-0.1, -0.05) is 53.2 Å². The number of nitrogens with one attached hydrogen (secondary N) is 2. The lowest BCUT2D eigenvalue weighted by Gasteiger charge is -2.24. The van der Waals surface area contributed by atoms with Gasteiger partial charge in [0.2, 0.25) is 5.91 Å². The molecule has 0 saturated carbocycles. The zero-order valence-electron chi connectivity index (χ0n) is 19.3. The number of carboxylic acids is 2. The van der Waals surface area contributed by atoms with Crippen molar-refractivity contribution >= 4 is 69.6 Å². The summed E-state index contributed by atoms with van der Waals surface area (Å²) >= 11 is 13.1. The molecule has 10 nitrogen and oxygen atoms in total. The second-order valence-corrected chi connectivity index (χ2v) is 9.92. The fourth-order valence-electron chi connectivity index (χ4n) is 3.65. The minimum absolute atomic E-state index is 0.0432. The number of carbonyl (C=O) groups is 5. The van der Waals surface area contributed by atoms with Gasteiger partial charge in [0, 0.05) is 30.8 Å². The van der Waals surface area contributed by atoms with Crippen LogP contribution in [0.25, 0.3) is 0 Å². The van der Waals surface area contributed by atoms with Gasteiger partial charge in [0.1, 0.15) is 12.1 Å². The molecule has 0 bridgehead atoms. The zero-order valence-corrected chi connectivity index (χ0v) is 21.6. The third kappa shape index (κ3) is 7.61. The predicted octanol–water partition coefficient (Wildman–Crippen LogP) is 3.76. The molecule has 2 aromatic rings. The summed E-state index contributed by atoms with van der Waals surface area (Å²) in [5.74, 6) is -3.25. The molecule has 13 heteroatoms. The highest BCUT2D eigenvalue weighted by Gasteiger charge is 2.38. The zero-order chi connectivity index (χ0) is 27.1. The first-order valence-corrected chi connectivity index (χ1v) is 12.8. The molecule has 3 amide bonds. The van der Waals surface area contributed by atoms with Crippen LogP contribution in [-0.2, 0) is 20.8 Å². The SMILES string of the molecule is O=C(O)CCCN1C(=O)SC[C@H]1C(=O)N[C@@H](Cc1ccc(NC(=O)c2c(Cl)cccc2Cl)cc1)C(=O)O. The van der Waals surface area contributed by atoms with Crippen LogP contribution in [0.15, 0.2) is 42.5 Å². The van der Waals surface area contributed by atoms with Crippen molar-refractivity contribution in [3.05, 3.63) is 63.6 Å². The molecule has 0 aliphatic carbocycles. The number of amides is 3. The molecule has 1 fully saturated rings. The summed E-state index contributed by atoms with van der Waals surface area (Å²) in [4.78, 5) is 61.3. The van der Waals surface area contributed by atoms with Crippen LogP contribution in [0, 0.1) is 0 Å². The quantitative estimate of drug-likeness (QED) is 0.320. The Morgan fingerprint density at radius 1 is 1.05 bits per heavy atom. The smallest absolute Gasteiger partial charge is 0.326 e. The molecule has 0 unspecified atom stereocenters. The maximum absolute atomic E-state index is 12.8. The Labute approximate surface area is 226 Å². The lowest BCUT2D eigenvalue weighted by Crippen LogP contribution is -2.51. The second-order valence-electron chi connectivity index (χ2n) is 8.13. The van der Waals surface area contributed by atoms with Crippen molar-refractivity contribution in [2.24, 2.45) is 0 Å². The van der Waals surface area contributed by atoms with Gasteiger partial charge in [-0.2, -0.15) is 0 Å². The van der Waals surface area contributed by atoms with Gasteiger partial charge in [-0.05, 0) is 36.2 Å². The van der Waals surface area contributed by atoms with Gasteiger partial charge in [0.05, 0.1) is 15.6 Å². The first kappa shape index (κ1) is 28.3. The Hall–Kier alpha value is -3.28. The summed E-state index contributed by atoms with van der Waals surface area (Å²) in [5.41, 5.74) is 1.14. The number of aliphatic carboxylic acids is 2. The van der Waals surface area contributed by atoms with E-state index >= 15 is 0 Å². The van der Waals surface area contributed by atoms with Crippen LogP contribution < -0.4 is 10.6 Å². The summed E-state index contributed by atoms with van der Waals surface area (Å²) in [6, 6.07) is 8.93. The van der Waals surface area contributed by atoms with Gasteiger partial charge in [-0.3, -0.25) is 19.2 Å². The normalized spacial score (nSPS) is 15.8. The van der Waals surface area contributed by atoms with E-state index in [1.807, 2.05) is 0 Å². The monoisotopic (exact) mass is 567 g/mol. The van der Waals surface area contributed by atoms with Gasteiger partial charge in [-0.15, -0.1) is 0 Å². The number of rotatable bonds is 11. The average molecular weight is 568 g/mol. The fourth-order valence-corrected chi connectivity index (χ4v) is 5.24. The molecular formula is C24H23Cl2N3O7S. The largest absolute Gasteiger partial charge is 0.481 e. The molecule has 37 heavy (non-hydrogen) atoms. The van der Waals surface area contributed by atoms with E-state index in [0.29, 0.717) is 11.3 Å². The number of hydrogen-bond acceptors (Lipinski definition) is 6. The van der Waals surface area contributed by atoms with Crippen LogP contribution in [0.4, 0.5) is 10.5 Å². The van der Waals surface area contributed by atoms with Crippen LogP contribution in [-0.4, -0.2) is 68.5 Å². The minimum Gasteiger partial charge on any atom is -0.481 e. The molecule has 4 N–H and O–H groups in total. The molecule has 0 aromatic heterocycles. The molecule has 1 saturated heterocycles. The highest BCUT2D eigenvalue weighted by molar-refractivity contribution is 8.13. The van der Waals surface area contributed by atoms with Gasteiger partial charge in [0.15, 0.2) is 0 Å². The molecule has 2 atom stereocenters. The van der Waals surface area contributed by atoms with Crippen molar-refractivity contribution < 1.29 is 34.2 Å². The molecule has 3 rings (SSSR count). The number of halogens is 2. The van der Waals surface area contributed by atoms with Crippen molar-refractivity contribution in [1.82, 2.24) is 10.2 Å². The number of anilines is 1. The van der Waals surface area contributed by atoms with Crippen molar-refractivity contribution in [3.8, 4) is 0 Å². The van der Waals surface area contributed by atoms with Crippen LogP contribution in [0.2, 0.25) is 10.0 Å². The van der Waals surface area contributed by atoms with Crippen molar-refractivity contribution in [1.29, 1.82) is 0 Å². The summed E-state index contributed by atoms with van der Waals surface area (Å²) in [6.07, 6.45) is -0.0137. The number of carbonyl (C=O) groups excluding carboxylic acids is 3. The summed E-state index contributed by atoms with van der Waals surface area (Å²) in [7, 11) is 0. The van der Waals surface area contributed by atoms with E-state index in [2.05, 4.69) is 10.6 Å². The van der Waals surface area contributed by atoms with Crippen molar-refractivity contribution in [2.45, 2.75) is 31.3 Å². The van der Waals surface area contributed by atoms with Gasteiger partial charge >= 0.3 is 11.9 Å². The molecule has 196 valence electrons. The lowest BCUT2D eigenvalue weighted by atomic mass is 10.0. The van der Waals surface area contributed by atoms with Crippen LogP contribution in [0.3, 0.4) is 0 Å². The highest BCUT2D eigenvalue weighted by atomic mass is 35.5. The molecule has 1 aliphatic heterocycles. The Balaban J connectivity index is 1.62. The van der Waals surface area contributed by atoms with Gasteiger partial charge in [0.25, 0.3) is 11.1 Å². The maximum atomic E-state index is 12.8. The number of hydrogen-bond donors (Lipinski definition) is 4. The molecule has 1 heterocycles. The van der Waals surface area contributed by atoms with E-state index in [9.17, 15) is 29.1 Å². The Morgan fingerprint density at radius 2 is 1.70 bits per heavy atom. The fraction of sp³-hybridized carbons (Fsp3) is 0.292. The second kappa shape index (κ2) is 12.8. The summed E-state index contributed by atoms with van der Waals surface area (Å²) < 4.78 is 0. The Bertz CT molecular complexity index is 1190. The standard InChI is InChI=1S/C24H23Cl2N3O7S/c25-15-3-1-4-16(26)20(15)22(33)27-14-8-6-13(7-9-14)11-17(23(34)35)28-21(32)18-12-37-24(36)29(18)10-2-5-19(30)31/h1,3-4,6-9,17-18H,2,5,10-12H2,(H,27,33)(H,28,32)(H,30,31)(H,34,35)/t17-,18-/m0/s1. The van der Waals surface area contributed by atoms with E-state index in [0.717, 1.165) is 11.8 Å². The van der Waals surface area contributed by atoms with Crippen LogP contribution in [0.5, 0.6) is 0 Å². The predicted molar refractivity (Wildman–Crippen MR) is 139 cm³/mol. The van der Waals surface area contributed by atoms with Crippen LogP contribution in [0.1, 0.15) is 28.8 Å². The first-order valence-electron chi connectivity index (χ1n) is 11.1. The maximum Gasteiger partial charge on any atom is 0.326 e. The number of nitrogens with zero attached hydrogens (tertiary/aromatic N) is 1. The summed E-state index contributed by atoms with van der Waals surface area (Å²) in [6.45, 7) is 0.0839. The van der Waals surface area contributed by atoms with Gasteiger partial charge < -0.3 is 25.7 Å². The molecule has 0 radical (unpaired) electrons. The van der Waals surface area contributed by atoms with E-state index in [1.54, 1.807) is 42.5 Å². The first-order chi connectivity index (χ1) is 17.6. The molecule has 0 spiro atoms. The molecule has 2 aromatic carbocycles. The number of thioether (sulfide) groups is 1. The van der Waals surface area contributed by atoms with E-state index < -0.39 is 35.8 Å². The average Bonchev–Trinajstić information content (AvgIpc) is 3.19. The Kier molecular flexibility index (Phi) is 9.79. The summed E-state index contributed by atoms with van der Waals surface area (Å²) in [5, 5.41) is 23.6. The van der Waals surface area contributed by atoms with E-state index in [-0.39, 0.29) is 52.4 Å². The Morgan fingerprint density at radius 3 is 2.30 bits per heavy atom. The third-order valence-corrected chi connectivity index (χ3v) is 7.12. The lowest BCUT2D eigenvalue weighted by molar-refractivity contribution is -0.142. The number of benzene rings is 2. The van der Waals surface area contributed by atoms with E-state index in [4.69, 9.17) is 28.3 Å². The van der Waals surface area contributed by atoms with Crippen molar-refractivity contribution in [2.75, 3.05) is 17.6 Å².